The van der Waals surface area contributed by atoms with E-state index in [-0.39, 0.29) is 35.8 Å². The van der Waals surface area contributed by atoms with Crippen LogP contribution >= 0.6 is 0 Å². The van der Waals surface area contributed by atoms with E-state index in [0.29, 0.717) is 0 Å². The lowest BCUT2D eigenvalue weighted by molar-refractivity contribution is 0.0520. The molecule has 0 unspecified atom stereocenters. The zero-order chi connectivity index (χ0) is 18.8. The number of hydrogen-bond donors (Lipinski definition) is 2. The SMILES string of the molecule is Cn1c(=O)c2[nH]c(NCCOC(=O)c3ccc(F)cc3)nc2n(C)c1=O. The largest absolute Gasteiger partial charge is 0.460 e. The Labute approximate surface area is 146 Å². The van der Waals surface area contributed by atoms with Gasteiger partial charge in [0.1, 0.15) is 12.4 Å². The molecule has 0 saturated carbocycles. The van der Waals surface area contributed by atoms with E-state index in [1.807, 2.05) is 0 Å². The molecule has 10 heteroatoms. The van der Waals surface area contributed by atoms with Crippen LogP contribution in [0.25, 0.3) is 11.2 Å². The highest BCUT2D eigenvalue weighted by Crippen LogP contribution is 2.08. The van der Waals surface area contributed by atoms with Crippen molar-refractivity contribution in [2.24, 2.45) is 14.1 Å². The summed E-state index contributed by atoms with van der Waals surface area (Å²) in [4.78, 5) is 42.7. The maximum Gasteiger partial charge on any atom is 0.338 e. The Morgan fingerprint density at radius 1 is 1.23 bits per heavy atom. The lowest BCUT2D eigenvalue weighted by atomic mass is 10.2. The maximum absolute atomic E-state index is 12.8. The van der Waals surface area contributed by atoms with Gasteiger partial charge in [0.25, 0.3) is 5.56 Å². The fraction of sp³-hybridized carbons (Fsp3) is 0.250. The average molecular weight is 361 g/mol. The van der Waals surface area contributed by atoms with E-state index in [1.165, 1.54) is 42.9 Å². The molecule has 26 heavy (non-hydrogen) atoms. The first-order chi connectivity index (χ1) is 12.4. The summed E-state index contributed by atoms with van der Waals surface area (Å²) >= 11 is 0. The predicted molar refractivity (Wildman–Crippen MR) is 91.7 cm³/mol. The Balaban J connectivity index is 1.64. The van der Waals surface area contributed by atoms with Crippen LogP contribution in [0.4, 0.5) is 10.3 Å². The van der Waals surface area contributed by atoms with Crippen molar-refractivity contribution in [2.45, 2.75) is 0 Å². The number of nitrogens with one attached hydrogen (secondary N) is 2. The average Bonchev–Trinajstić information content (AvgIpc) is 3.06. The first kappa shape index (κ1) is 17.4. The first-order valence-electron chi connectivity index (χ1n) is 7.71. The Kier molecular flexibility index (Phi) is 4.57. The van der Waals surface area contributed by atoms with E-state index < -0.39 is 23.0 Å². The van der Waals surface area contributed by atoms with Crippen molar-refractivity contribution in [2.75, 3.05) is 18.5 Å². The van der Waals surface area contributed by atoms with E-state index in [2.05, 4.69) is 15.3 Å². The summed E-state index contributed by atoms with van der Waals surface area (Å²) in [6.45, 7) is 0.255. The number of ether oxygens (including phenoxy) is 1. The van der Waals surface area contributed by atoms with Crippen molar-refractivity contribution in [3.63, 3.8) is 0 Å². The molecule has 3 aromatic rings. The summed E-state index contributed by atoms with van der Waals surface area (Å²) < 4.78 is 20.1. The van der Waals surface area contributed by atoms with E-state index in [9.17, 15) is 18.8 Å². The number of fused-ring (bicyclic) bond motifs is 1. The van der Waals surface area contributed by atoms with Crippen LogP contribution in [0.1, 0.15) is 10.4 Å². The molecule has 2 aromatic heterocycles. The van der Waals surface area contributed by atoms with Gasteiger partial charge in [0.15, 0.2) is 11.2 Å². The second-order valence-electron chi connectivity index (χ2n) is 5.56. The van der Waals surface area contributed by atoms with Gasteiger partial charge in [0.2, 0.25) is 5.95 Å². The fourth-order valence-corrected chi connectivity index (χ4v) is 2.39. The minimum Gasteiger partial charge on any atom is -0.460 e. The van der Waals surface area contributed by atoms with E-state index >= 15 is 0 Å². The van der Waals surface area contributed by atoms with Crippen LogP contribution in [0.15, 0.2) is 33.9 Å². The molecule has 0 fully saturated rings. The number of carbonyl (C=O) groups excluding carboxylic acids is 1. The number of nitrogens with zero attached hydrogens (tertiary/aromatic N) is 3. The number of H-pyrrole nitrogens is 1. The number of anilines is 1. The Hall–Kier alpha value is -3.43. The van der Waals surface area contributed by atoms with Gasteiger partial charge in [0, 0.05) is 14.1 Å². The lowest BCUT2D eigenvalue weighted by Crippen LogP contribution is -2.36. The summed E-state index contributed by atoms with van der Waals surface area (Å²) in [6.07, 6.45) is 0. The van der Waals surface area contributed by atoms with E-state index in [4.69, 9.17) is 4.74 Å². The van der Waals surface area contributed by atoms with Crippen LogP contribution in [0.2, 0.25) is 0 Å². The molecule has 0 aliphatic heterocycles. The molecule has 2 heterocycles. The van der Waals surface area contributed by atoms with E-state index in [0.717, 1.165) is 4.57 Å². The highest BCUT2D eigenvalue weighted by Gasteiger charge is 2.13. The van der Waals surface area contributed by atoms with Gasteiger partial charge < -0.3 is 15.0 Å². The van der Waals surface area contributed by atoms with Gasteiger partial charge in [-0.15, -0.1) is 0 Å². The molecule has 0 saturated heterocycles. The molecule has 136 valence electrons. The number of aromatic amines is 1. The quantitative estimate of drug-likeness (QED) is 0.502. The molecular formula is C16H16FN5O4. The number of imidazole rings is 1. The van der Waals surface area contributed by atoms with Gasteiger partial charge in [-0.1, -0.05) is 0 Å². The third-order valence-electron chi connectivity index (χ3n) is 3.80. The van der Waals surface area contributed by atoms with Crippen LogP contribution in [0.5, 0.6) is 0 Å². The second kappa shape index (κ2) is 6.82. The molecule has 0 aliphatic rings. The van der Waals surface area contributed by atoms with Crippen LogP contribution in [0, 0.1) is 5.82 Å². The number of aromatic nitrogens is 4. The molecule has 0 radical (unpaired) electrons. The highest BCUT2D eigenvalue weighted by atomic mass is 19.1. The minimum absolute atomic E-state index is 0.0319. The molecule has 0 bridgehead atoms. The van der Waals surface area contributed by atoms with Crippen molar-refractivity contribution in [3.05, 3.63) is 56.5 Å². The molecule has 2 N–H and O–H groups in total. The van der Waals surface area contributed by atoms with Gasteiger partial charge in [-0.3, -0.25) is 13.9 Å². The summed E-state index contributed by atoms with van der Waals surface area (Å²) in [5.74, 6) is -0.738. The van der Waals surface area contributed by atoms with Gasteiger partial charge in [-0.25, -0.2) is 14.0 Å². The normalized spacial score (nSPS) is 10.9. The highest BCUT2D eigenvalue weighted by molar-refractivity contribution is 5.89. The third kappa shape index (κ3) is 3.21. The number of halogens is 1. The van der Waals surface area contributed by atoms with Crippen LogP contribution in [0.3, 0.4) is 0 Å². The molecule has 1 aromatic carbocycles. The molecule has 0 atom stereocenters. The summed E-state index contributed by atoms with van der Waals surface area (Å²) in [6, 6.07) is 5.02. The second-order valence-corrected chi connectivity index (χ2v) is 5.56. The van der Waals surface area contributed by atoms with Crippen molar-refractivity contribution in [3.8, 4) is 0 Å². The zero-order valence-electron chi connectivity index (χ0n) is 14.1. The number of carbonyl (C=O) groups is 1. The van der Waals surface area contributed by atoms with Crippen LogP contribution in [-0.2, 0) is 18.8 Å². The number of aryl methyl sites for hydroxylation is 1. The smallest absolute Gasteiger partial charge is 0.338 e. The standard InChI is InChI=1S/C16H16FN5O4/c1-21-12-11(13(23)22(2)16(21)25)19-15(20-12)18-7-8-26-14(24)9-3-5-10(17)6-4-9/h3-6H,7-8H2,1-2H3,(H2,18,19,20). The lowest BCUT2D eigenvalue weighted by Gasteiger charge is -2.05. The van der Waals surface area contributed by atoms with Gasteiger partial charge in [-0.2, -0.15) is 4.98 Å². The monoisotopic (exact) mass is 361 g/mol. The predicted octanol–water partition coefficient (Wildman–Crippen LogP) is 0.368. The summed E-state index contributed by atoms with van der Waals surface area (Å²) in [5.41, 5.74) is -0.293. The molecule has 0 amide bonds. The zero-order valence-corrected chi connectivity index (χ0v) is 14.1. The molecule has 0 aliphatic carbocycles. The maximum atomic E-state index is 12.8. The Morgan fingerprint density at radius 2 is 1.92 bits per heavy atom. The number of esters is 1. The summed E-state index contributed by atoms with van der Waals surface area (Å²) in [7, 11) is 2.89. The topological polar surface area (TPSA) is 111 Å². The third-order valence-corrected chi connectivity index (χ3v) is 3.80. The summed E-state index contributed by atoms with van der Waals surface area (Å²) in [5, 5.41) is 2.88. The fourth-order valence-electron chi connectivity index (χ4n) is 2.39. The van der Waals surface area contributed by atoms with Crippen LogP contribution in [-0.4, -0.2) is 38.2 Å². The van der Waals surface area contributed by atoms with Gasteiger partial charge in [0.05, 0.1) is 12.1 Å². The van der Waals surface area contributed by atoms with Crippen LogP contribution < -0.4 is 16.6 Å². The number of rotatable bonds is 5. The number of hydrogen-bond acceptors (Lipinski definition) is 6. The molecule has 3 rings (SSSR count). The molecular weight excluding hydrogens is 345 g/mol. The molecule has 0 spiro atoms. The van der Waals surface area contributed by atoms with Crippen molar-refractivity contribution < 1.29 is 13.9 Å². The number of benzene rings is 1. The molecule has 9 nitrogen and oxygen atoms in total. The van der Waals surface area contributed by atoms with E-state index in [1.54, 1.807) is 0 Å². The first-order valence-corrected chi connectivity index (χ1v) is 7.71. The van der Waals surface area contributed by atoms with Crippen molar-refractivity contribution in [1.82, 2.24) is 19.1 Å². The van der Waals surface area contributed by atoms with Crippen molar-refractivity contribution >= 4 is 23.1 Å². The Bertz CT molecular complexity index is 1080. The van der Waals surface area contributed by atoms with Gasteiger partial charge >= 0.3 is 11.7 Å². The minimum atomic E-state index is -0.576. The Morgan fingerprint density at radius 3 is 2.62 bits per heavy atom. The van der Waals surface area contributed by atoms with Crippen molar-refractivity contribution in [1.29, 1.82) is 0 Å². The van der Waals surface area contributed by atoms with Gasteiger partial charge in [-0.05, 0) is 24.3 Å².